The van der Waals surface area contributed by atoms with Gasteiger partial charge in [0.25, 0.3) is 0 Å². The second kappa shape index (κ2) is 5.27. The van der Waals surface area contributed by atoms with E-state index in [-0.39, 0.29) is 16.9 Å². The number of hydrogen-bond acceptors (Lipinski definition) is 3. The monoisotopic (exact) mass is 254 g/mol. The van der Waals surface area contributed by atoms with Crippen molar-refractivity contribution in [3.05, 3.63) is 18.7 Å². The summed E-state index contributed by atoms with van der Waals surface area (Å²) in [5.41, 5.74) is 4.72. The van der Waals surface area contributed by atoms with Gasteiger partial charge in [-0.2, -0.15) is 0 Å². The van der Waals surface area contributed by atoms with Gasteiger partial charge in [0.15, 0.2) is 0 Å². The number of rotatable bonds is 5. The lowest BCUT2D eigenvalue weighted by Crippen LogP contribution is -2.48. The van der Waals surface area contributed by atoms with Crippen molar-refractivity contribution in [2.45, 2.75) is 33.4 Å². The van der Waals surface area contributed by atoms with Crippen molar-refractivity contribution in [1.29, 1.82) is 0 Å². The summed E-state index contributed by atoms with van der Waals surface area (Å²) in [5.74, 6) is -0.155. The summed E-state index contributed by atoms with van der Waals surface area (Å²) in [4.78, 5) is 16.1. The molecule has 0 bridgehead atoms. The van der Waals surface area contributed by atoms with Crippen molar-refractivity contribution < 1.29 is 4.79 Å². The molecule has 1 amide bonds. The number of aromatic nitrogens is 2. The van der Waals surface area contributed by atoms with Gasteiger partial charge in [0.1, 0.15) is 0 Å². The van der Waals surface area contributed by atoms with Gasteiger partial charge in [-0.15, -0.1) is 0 Å². The Labute approximate surface area is 106 Å². The van der Waals surface area contributed by atoms with E-state index >= 15 is 0 Å². The third-order valence-electron chi connectivity index (χ3n) is 2.61. The molecule has 17 heavy (non-hydrogen) atoms. The van der Waals surface area contributed by atoms with E-state index in [2.05, 4.69) is 10.3 Å². The molecule has 0 aliphatic heterocycles. The van der Waals surface area contributed by atoms with Crippen LogP contribution in [0.2, 0.25) is 0 Å². The zero-order chi connectivity index (χ0) is 13.1. The number of hydrogen-bond donors (Lipinski definition) is 2. The second-order valence-corrected chi connectivity index (χ2v) is 5.06. The summed E-state index contributed by atoms with van der Waals surface area (Å²) in [5, 5.41) is 2.88. The molecule has 0 aliphatic carbocycles. The Morgan fingerprint density at radius 3 is 2.76 bits per heavy atom. The Balaban J connectivity index is 2.54. The predicted octanol–water partition coefficient (Wildman–Crippen LogP) is 0.700. The van der Waals surface area contributed by atoms with Gasteiger partial charge in [0.2, 0.25) is 5.91 Å². The van der Waals surface area contributed by atoms with Crippen molar-refractivity contribution in [3.8, 4) is 0 Å². The lowest BCUT2D eigenvalue weighted by Gasteiger charge is -2.24. The molecule has 0 spiro atoms. The van der Waals surface area contributed by atoms with Crippen LogP contribution in [0.4, 0.5) is 0 Å². The average Bonchev–Trinajstić information content (AvgIpc) is 2.69. The average molecular weight is 254 g/mol. The molecule has 6 heteroatoms. The highest BCUT2D eigenvalue weighted by molar-refractivity contribution is 7.80. The van der Waals surface area contributed by atoms with Crippen LogP contribution in [0, 0.1) is 5.41 Å². The minimum absolute atomic E-state index is 0.00896. The molecule has 5 nitrogen and oxygen atoms in total. The first kappa shape index (κ1) is 13.6. The van der Waals surface area contributed by atoms with E-state index in [0.717, 1.165) is 0 Å². The number of nitrogens with zero attached hydrogens (tertiary/aromatic N) is 2. The SMILES string of the molecule is CC(Cn1ccnc1)NC(=O)C(C)(C)C(N)=S. The minimum atomic E-state index is -0.821. The summed E-state index contributed by atoms with van der Waals surface area (Å²) >= 11 is 4.88. The lowest BCUT2D eigenvalue weighted by atomic mass is 9.92. The molecule has 0 aromatic carbocycles. The maximum Gasteiger partial charge on any atom is 0.232 e. The fraction of sp³-hybridized carbons (Fsp3) is 0.545. The molecular weight excluding hydrogens is 236 g/mol. The highest BCUT2D eigenvalue weighted by Crippen LogP contribution is 2.15. The van der Waals surface area contributed by atoms with E-state index in [4.69, 9.17) is 18.0 Å². The van der Waals surface area contributed by atoms with Gasteiger partial charge in [-0.1, -0.05) is 12.2 Å². The summed E-state index contributed by atoms with van der Waals surface area (Å²) in [6.07, 6.45) is 5.26. The first-order chi connectivity index (χ1) is 7.84. The zero-order valence-corrected chi connectivity index (χ0v) is 11.1. The van der Waals surface area contributed by atoms with Crippen molar-refractivity contribution in [2.75, 3.05) is 0 Å². The van der Waals surface area contributed by atoms with E-state index in [0.29, 0.717) is 6.54 Å². The molecule has 1 aromatic rings. The molecule has 3 N–H and O–H groups in total. The molecular formula is C11H18N4OS. The smallest absolute Gasteiger partial charge is 0.232 e. The molecule has 0 saturated heterocycles. The van der Waals surface area contributed by atoms with Crippen LogP contribution < -0.4 is 11.1 Å². The topological polar surface area (TPSA) is 72.9 Å². The maximum absolute atomic E-state index is 11.9. The number of nitrogens with one attached hydrogen (secondary N) is 1. The van der Waals surface area contributed by atoms with E-state index in [1.165, 1.54) is 0 Å². The van der Waals surface area contributed by atoms with Crippen LogP contribution in [0.5, 0.6) is 0 Å². The van der Waals surface area contributed by atoms with Crippen molar-refractivity contribution in [1.82, 2.24) is 14.9 Å². The Morgan fingerprint density at radius 1 is 1.65 bits per heavy atom. The van der Waals surface area contributed by atoms with E-state index < -0.39 is 5.41 Å². The van der Waals surface area contributed by atoms with Crippen LogP contribution in [0.15, 0.2) is 18.7 Å². The number of amides is 1. The second-order valence-electron chi connectivity index (χ2n) is 4.62. The van der Waals surface area contributed by atoms with Gasteiger partial charge in [0, 0.05) is 25.0 Å². The van der Waals surface area contributed by atoms with Crippen LogP contribution in [0.25, 0.3) is 0 Å². The van der Waals surface area contributed by atoms with Crippen LogP contribution in [0.3, 0.4) is 0 Å². The molecule has 0 fully saturated rings. The lowest BCUT2D eigenvalue weighted by molar-refractivity contribution is -0.126. The van der Waals surface area contributed by atoms with Crippen LogP contribution in [0.1, 0.15) is 20.8 Å². The number of imidazole rings is 1. The van der Waals surface area contributed by atoms with Crippen molar-refractivity contribution in [2.24, 2.45) is 11.1 Å². The van der Waals surface area contributed by atoms with E-state index in [1.807, 2.05) is 17.7 Å². The fourth-order valence-electron chi connectivity index (χ4n) is 1.27. The van der Waals surface area contributed by atoms with Gasteiger partial charge in [0.05, 0.1) is 16.7 Å². The normalized spacial score (nSPS) is 13.1. The van der Waals surface area contributed by atoms with Crippen LogP contribution in [-0.2, 0) is 11.3 Å². The molecule has 1 rings (SSSR count). The van der Waals surface area contributed by atoms with Gasteiger partial charge in [-0.05, 0) is 20.8 Å². The molecule has 0 saturated carbocycles. The predicted molar refractivity (Wildman–Crippen MR) is 70.4 cm³/mol. The van der Waals surface area contributed by atoms with Crippen molar-refractivity contribution >= 4 is 23.1 Å². The third-order valence-corrected chi connectivity index (χ3v) is 3.12. The maximum atomic E-state index is 11.9. The van der Waals surface area contributed by atoms with Crippen LogP contribution in [-0.4, -0.2) is 26.5 Å². The highest BCUT2D eigenvalue weighted by Gasteiger charge is 2.31. The zero-order valence-electron chi connectivity index (χ0n) is 10.3. The quantitative estimate of drug-likeness (QED) is 0.759. The number of carbonyl (C=O) groups is 1. The van der Waals surface area contributed by atoms with E-state index in [1.54, 1.807) is 26.4 Å². The highest BCUT2D eigenvalue weighted by atomic mass is 32.1. The first-order valence-corrected chi connectivity index (χ1v) is 5.81. The van der Waals surface area contributed by atoms with Crippen molar-refractivity contribution in [3.63, 3.8) is 0 Å². The minimum Gasteiger partial charge on any atom is -0.392 e. The summed E-state index contributed by atoms with van der Waals surface area (Å²) in [7, 11) is 0. The van der Waals surface area contributed by atoms with Gasteiger partial charge in [-0.25, -0.2) is 4.98 Å². The molecule has 1 atom stereocenters. The standard InChI is InChI=1S/C11H18N4OS/c1-8(6-15-5-4-13-7-15)14-10(16)11(2,3)9(12)17/h4-5,7-8H,6H2,1-3H3,(H2,12,17)(H,14,16). The molecule has 1 unspecified atom stereocenters. The summed E-state index contributed by atoms with van der Waals surface area (Å²) in [6.45, 7) is 6.02. The Kier molecular flexibility index (Phi) is 4.22. The summed E-state index contributed by atoms with van der Waals surface area (Å²) in [6, 6.07) is -0.00896. The fourth-order valence-corrected chi connectivity index (χ4v) is 1.37. The molecule has 1 aromatic heterocycles. The molecule has 1 heterocycles. The number of carbonyl (C=O) groups excluding carboxylic acids is 1. The number of thiocarbonyl (C=S) groups is 1. The molecule has 0 radical (unpaired) electrons. The Hall–Kier alpha value is -1.43. The molecule has 0 aliphatic rings. The Morgan fingerprint density at radius 2 is 2.29 bits per heavy atom. The van der Waals surface area contributed by atoms with Gasteiger partial charge in [-0.3, -0.25) is 4.79 Å². The largest absolute Gasteiger partial charge is 0.392 e. The third kappa shape index (κ3) is 3.52. The summed E-state index contributed by atoms with van der Waals surface area (Å²) < 4.78 is 1.90. The number of nitrogens with two attached hydrogens (primary N) is 1. The molecule has 94 valence electrons. The Bertz CT molecular complexity index is 400. The van der Waals surface area contributed by atoms with E-state index in [9.17, 15) is 4.79 Å². The first-order valence-electron chi connectivity index (χ1n) is 5.40. The van der Waals surface area contributed by atoms with Crippen LogP contribution >= 0.6 is 12.2 Å². The van der Waals surface area contributed by atoms with Gasteiger partial charge >= 0.3 is 0 Å². The van der Waals surface area contributed by atoms with Gasteiger partial charge < -0.3 is 15.6 Å².